The molecule has 11 N–H and O–H groups in total. The lowest BCUT2D eigenvalue weighted by Gasteiger charge is -2.61. The molecule has 1 saturated carbocycles. The highest BCUT2D eigenvalue weighted by Gasteiger charge is 2.56. The number of anilines is 2. The Kier molecular flexibility index (Phi) is 15.5. The summed E-state index contributed by atoms with van der Waals surface area (Å²) < 4.78 is 14.5. The number of terminal acetylenes is 1. The molecule has 3 saturated heterocycles. The highest BCUT2D eigenvalue weighted by Crippen LogP contribution is 2.51. The van der Waals surface area contributed by atoms with Crippen molar-refractivity contribution in [1.29, 1.82) is 0 Å². The number of benzene rings is 2. The Hall–Kier alpha value is -6.29. The standard InChI is InChI=1S/C52H64FN11O4.H3O3P/c1-6-32-13-14-34(39(53)22-32)26-56-47(66)42-11-9-18-64(42)48(67)45(51(3,4)5)60-50(68)62-29-52(30-62)24-36(25-52)61-19-15-33(16-20-61)35-27-57-49(58-28-35)63-21-17-41-44(31(63)2)38(46(55)59-41)23-40(54)37-10-7-8-12-43(37)65;1-4(2)3/h1,7-8,10,12-14,22-23,27-28,31,33,36,42,45,59,65H,9,11,15-21,24-26,29-30,54-55H2,2-5H3,(H,56,66)(H,60,68);1-3H/b40-23-;. The second-order valence-electron chi connectivity index (χ2n) is 21.0. The van der Waals surface area contributed by atoms with Crippen molar-refractivity contribution in [1.82, 2.24) is 40.3 Å². The van der Waals surface area contributed by atoms with E-state index in [-0.39, 0.29) is 41.6 Å². The van der Waals surface area contributed by atoms with Gasteiger partial charge in [-0.1, -0.05) is 44.9 Å². The van der Waals surface area contributed by atoms with Crippen LogP contribution in [0.4, 0.5) is 21.0 Å². The molecule has 4 fully saturated rings. The molecule has 3 atom stereocenters. The predicted octanol–water partition coefficient (Wildman–Crippen LogP) is 5.06. The molecule has 0 radical (unpaired) electrons. The summed E-state index contributed by atoms with van der Waals surface area (Å²) in [5.41, 5.74) is 18.3. The summed E-state index contributed by atoms with van der Waals surface area (Å²) in [6, 6.07) is 10.1. The number of nitrogens with zero attached hydrogens (tertiary/aromatic N) is 6. The zero-order valence-electron chi connectivity index (χ0n) is 41.3. The summed E-state index contributed by atoms with van der Waals surface area (Å²) in [4.78, 5) is 84.2. The van der Waals surface area contributed by atoms with Crippen LogP contribution in [-0.2, 0) is 22.6 Å². The highest BCUT2D eigenvalue weighted by atomic mass is 31.2. The van der Waals surface area contributed by atoms with Crippen molar-refractivity contribution in [3.8, 4) is 18.1 Å². The lowest BCUT2D eigenvalue weighted by Crippen LogP contribution is -2.70. The van der Waals surface area contributed by atoms with Gasteiger partial charge >= 0.3 is 14.6 Å². The van der Waals surface area contributed by atoms with E-state index in [0.29, 0.717) is 78.6 Å². The van der Waals surface area contributed by atoms with E-state index in [1.165, 1.54) is 6.07 Å². The van der Waals surface area contributed by atoms with E-state index < -0.39 is 31.9 Å². The molecule has 9 rings (SSSR count). The van der Waals surface area contributed by atoms with Crippen LogP contribution < -0.4 is 27.0 Å². The molecule has 0 bridgehead atoms. The first-order valence-electron chi connectivity index (χ1n) is 24.6. The number of aromatic nitrogens is 3. The minimum atomic E-state index is -2.62. The number of rotatable bonds is 10. The van der Waals surface area contributed by atoms with Gasteiger partial charge in [-0.2, -0.15) is 0 Å². The molecule has 4 aliphatic heterocycles. The van der Waals surface area contributed by atoms with Gasteiger partial charge in [-0.3, -0.25) is 9.59 Å². The zero-order valence-corrected chi connectivity index (χ0v) is 42.2. The third-order valence-electron chi connectivity index (χ3n) is 15.2. The van der Waals surface area contributed by atoms with Crippen LogP contribution >= 0.6 is 8.60 Å². The molecule has 4 aromatic rings. The van der Waals surface area contributed by atoms with Gasteiger partial charge in [0.15, 0.2) is 0 Å². The number of amides is 4. The molecule has 3 unspecified atom stereocenters. The van der Waals surface area contributed by atoms with Crippen molar-refractivity contribution in [3.63, 3.8) is 0 Å². The van der Waals surface area contributed by atoms with Crippen LogP contribution in [0.2, 0.25) is 0 Å². The highest BCUT2D eigenvalue weighted by molar-refractivity contribution is 7.38. The van der Waals surface area contributed by atoms with E-state index in [4.69, 9.17) is 42.5 Å². The molecule has 20 heteroatoms. The topological polar surface area (TPSA) is 263 Å². The van der Waals surface area contributed by atoms with Crippen molar-refractivity contribution in [2.24, 2.45) is 16.6 Å². The van der Waals surface area contributed by atoms with Crippen molar-refractivity contribution < 1.29 is 38.6 Å². The quantitative estimate of drug-likeness (QED) is 0.0745. The number of hydrogen-bond acceptors (Lipinski definition) is 13. The number of fused-ring (bicyclic) bond motifs is 1. The average Bonchev–Trinajstić information content (AvgIpc) is 3.94. The van der Waals surface area contributed by atoms with E-state index in [0.717, 1.165) is 74.1 Å². The number of nitrogen functional groups attached to an aromatic ring is 1. The summed E-state index contributed by atoms with van der Waals surface area (Å²) in [5, 5.41) is 16.2. The van der Waals surface area contributed by atoms with Crippen LogP contribution in [0.1, 0.15) is 117 Å². The number of likely N-dealkylation sites (tertiary alicyclic amines) is 3. The van der Waals surface area contributed by atoms with E-state index in [9.17, 15) is 23.9 Å². The molecule has 5 aliphatic rings. The van der Waals surface area contributed by atoms with Crippen molar-refractivity contribution in [2.45, 2.75) is 109 Å². The van der Waals surface area contributed by atoms with E-state index in [2.05, 4.69) is 38.3 Å². The maximum Gasteiger partial charge on any atom is 0.324 e. The van der Waals surface area contributed by atoms with Gasteiger partial charge in [0.2, 0.25) is 17.8 Å². The molecule has 2 aromatic carbocycles. The Morgan fingerprint density at radius 1 is 1.04 bits per heavy atom. The molecule has 1 aliphatic carbocycles. The van der Waals surface area contributed by atoms with Gasteiger partial charge in [0.05, 0.1) is 6.04 Å². The molecular weight excluding hydrogens is 941 g/mol. The molecule has 2 aromatic heterocycles. The second-order valence-corrected chi connectivity index (χ2v) is 21.5. The third kappa shape index (κ3) is 11.2. The fourth-order valence-corrected chi connectivity index (χ4v) is 11.3. The molecule has 384 valence electrons. The number of hydrogen-bond donors (Lipinski definition) is 9. The Morgan fingerprint density at radius 2 is 1.72 bits per heavy atom. The molecule has 1 spiro atoms. The summed E-state index contributed by atoms with van der Waals surface area (Å²) >= 11 is 0. The third-order valence-corrected chi connectivity index (χ3v) is 15.2. The Balaban J connectivity index is 0.00000167. The maximum atomic E-state index is 14.5. The van der Waals surface area contributed by atoms with Crippen LogP contribution in [0.5, 0.6) is 5.75 Å². The molecule has 18 nitrogen and oxygen atoms in total. The fraction of sp³-hybridized carbons (Fsp3) is 0.481. The Labute approximate surface area is 421 Å². The van der Waals surface area contributed by atoms with Crippen LogP contribution in [0, 0.1) is 29.0 Å². The van der Waals surface area contributed by atoms with E-state index >= 15 is 0 Å². The van der Waals surface area contributed by atoms with Gasteiger partial charge in [-0.25, -0.2) is 19.2 Å². The van der Waals surface area contributed by atoms with Crippen molar-refractivity contribution in [2.75, 3.05) is 49.9 Å². The number of para-hydroxylation sites is 1. The number of phenols is 1. The number of nitrogens with two attached hydrogens (primary N) is 2. The van der Waals surface area contributed by atoms with E-state index in [1.807, 2.05) is 50.2 Å². The fourth-order valence-electron chi connectivity index (χ4n) is 11.3. The number of urea groups is 1. The number of H-pyrrole nitrogens is 1. The smallest absolute Gasteiger partial charge is 0.324 e. The van der Waals surface area contributed by atoms with Crippen LogP contribution in [-0.4, -0.2) is 125 Å². The van der Waals surface area contributed by atoms with Gasteiger partial charge in [0, 0.05) is 102 Å². The lowest BCUT2D eigenvalue weighted by atomic mass is 9.60. The van der Waals surface area contributed by atoms with Gasteiger partial charge in [-0.05, 0) is 106 Å². The summed E-state index contributed by atoms with van der Waals surface area (Å²) in [6.45, 7) is 12.3. The molecule has 6 heterocycles. The van der Waals surface area contributed by atoms with Gasteiger partial charge in [-0.15, -0.1) is 6.42 Å². The number of carbonyl (C=O) groups is 3. The zero-order chi connectivity index (χ0) is 51.6. The summed E-state index contributed by atoms with van der Waals surface area (Å²) in [6.07, 6.45) is 17.2. The van der Waals surface area contributed by atoms with Crippen LogP contribution in [0.15, 0.2) is 54.9 Å². The van der Waals surface area contributed by atoms with Crippen LogP contribution in [0.3, 0.4) is 0 Å². The number of halogens is 1. The van der Waals surface area contributed by atoms with Crippen molar-refractivity contribution >= 4 is 50.0 Å². The van der Waals surface area contributed by atoms with Crippen LogP contribution in [0.25, 0.3) is 11.8 Å². The SMILES string of the molecule is C#Cc1ccc(CNC(=O)C2CCCN2C(=O)C(NC(=O)N2CC3(CC(N4CCC(c5cnc(N6CCc7[nH]c(N)c(/C=C(\N)c8ccccc8O)c7C6C)nc5)CC4)C3)C2)C(C)(C)C)c(F)c1.OP(O)O. The minimum Gasteiger partial charge on any atom is -0.507 e. The van der Waals surface area contributed by atoms with Crippen molar-refractivity contribution in [3.05, 3.63) is 99.8 Å². The Bertz CT molecular complexity index is 2700. The number of piperidine rings is 1. The van der Waals surface area contributed by atoms with E-state index in [1.54, 1.807) is 35.2 Å². The second kappa shape index (κ2) is 21.4. The molecule has 72 heavy (non-hydrogen) atoms. The van der Waals surface area contributed by atoms with Gasteiger partial charge in [0.1, 0.15) is 29.5 Å². The first-order chi connectivity index (χ1) is 34.2. The molecular formula is C52H67FN11O7P. The average molecular weight is 1010 g/mol. The first-order valence-corrected chi connectivity index (χ1v) is 25.8. The number of phenolic OH excluding ortho intramolecular Hbond substituents is 1. The van der Waals surface area contributed by atoms with Gasteiger partial charge in [0.25, 0.3) is 0 Å². The monoisotopic (exact) mass is 1010 g/mol. The first kappa shape index (κ1) is 52.0. The number of nitrogens with one attached hydrogen (secondary N) is 3. The number of carbonyl (C=O) groups excluding carboxylic acids is 3. The normalized spacial score (nSPS) is 20.7. The lowest BCUT2D eigenvalue weighted by molar-refractivity contribution is -0.142. The molecule has 4 amide bonds. The predicted molar refractivity (Wildman–Crippen MR) is 274 cm³/mol. The largest absolute Gasteiger partial charge is 0.507 e. The van der Waals surface area contributed by atoms with Gasteiger partial charge < -0.3 is 66.5 Å². The summed E-state index contributed by atoms with van der Waals surface area (Å²) in [5.74, 6) is 2.98. The number of aromatic amines is 1. The minimum absolute atomic E-state index is 0.0248. The Morgan fingerprint density at radius 3 is 2.36 bits per heavy atom. The maximum absolute atomic E-state index is 14.5. The summed E-state index contributed by atoms with van der Waals surface area (Å²) in [7, 11) is -2.62. The number of aromatic hydroxyl groups is 1.